The van der Waals surface area contributed by atoms with Gasteiger partial charge in [-0.25, -0.2) is 4.79 Å². The Labute approximate surface area is 223 Å². The topological polar surface area (TPSA) is 96.5 Å². The molecule has 38 heavy (non-hydrogen) atoms. The molecule has 2 saturated heterocycles. The number of ketones is 1. The van der Waals surface area contributed by atoms with Gasteiger partial charge in [0.2, 0.25) is 5.91 Å². The molecule has 2 aromatic carbocycles. The van der Waals surface area contributed by atoms with Gasteiger partial charge in [-0.15, -0.1) is 0 Å². The Bertz CT molecular complexity index is 1110. The van der Waals surface area contributed by atoms with Crippen LogP contribution in [0.25, 0.3) is 0 Å². The van der Waals surface area contributed by atoms with E-state index in [0.717, 1.165) is 12.0 Å². The van der Waals surface area contributed by atoms with Crippen LogP contribution >= 0.6 is 0 Å². The summed E-state index contributed by atoms with van der Waals surface area (Å²) in [5, 5.41) is 0. The van der Waals surface area contributed by atoms with Crippen LogP contribution in [0.15, 0.2) is 60.7 Å². The van der Waals surface area contributed by atoms with E-state index < -0.39 is 18.1 Å². The number of ether oxygens (including phenoxy) is 2. The fraction of sp³-hybridized carbons (Fsp3) is 0.448. The quantitative estimate of drug-likeness (QED) is 0.445. The van der Waals surface area contributed by atoms with Crippen molar-refractivity contribution in [2.24, 2.45) is 0 Å². The standard InChI is InChI=1S/C29H35N3O6/c1-2-37-27(34)20-30(19-22-11-5-3-6-12-22)29(36)32-18-10-16-25(32)28(35)31-17-9-15-24(31)26(33)21-38-23-13-7-4-8-14-23/h3-8,11-14,24-25H,2,9-10,15-21H2,1H3/t24-,25-/m0/s1. The van der Waals surface area contributed by atoms with E-state index in [1.165, 1.54) is 4.90 Å². The Balaban J connectivity index is 1.44. The van der Waals surface area contributed by atoms with Crippen molar-refractivity contribution in [3.05, 3.63) is 66.2 Å². The molecule has 0 bridgehead atoms. The first-order valence-corrected chi connectivity index (χ1v) is 13.2. The molecule has 0 unspecified atom stereocenters. The molecular formula is C29H35N3O6. The van der Waals surface area contributed by atoms with Gasteiger partial charge in [-0.1, -0.05) is 48.5 Å². The molecule has 3 amide bonds. The van der Waals surface area contributed by atoms with Gasteiger partial charge in [0, 0.05) is 19.6 Å². The summed E-state index contributed by atoms with van der Waals surface area (Å²) in [6.45, 7) is 2.71. The summed E-state index contributed by atoms with van der Waals surface area (Å²) < 4.78 is 10.7. The average molecular weight is 522 g/mol. The molecule has 0 radical (unpaired) electrons. The van der Waals surface area contributed by atoms with E-state index in [4.69, 9.17) is 9.47 Å². The third-order valence-electron chi connectivity index (χ3n) is 6.93. The Kier molecular flexibility index (Phi) is 9.35. The van der Waals surface area contributed by atoms with Gasteiger partial charge in [0.1, 0.15) is 24.9 Å². The molecule has 0 N–H and O–H groups in total. The van der Waals surface area contributed by atoms with E-state index in [-0.39, 0.29) is 44.0 Å². The number of Topliss-reactive ketones (excluding diaryl/α,β-unsaturated/α-hetero) is 1. The molecule has 2 aliphatic rings. The zero-order valence-corrected chi connectivity index (χ0v) is 21.8. The molecular weight excluding hydrogens is 486 g/mol. The van der Waals surface area contributed by atoms with Crippen molar-refractivity contribution in [2.75, 3.05) is 32.8 Å². The lowest BCUT2D eigenvalue weighted by atomic mass is 10.1. The van der Waals surface area contributed by atoms with Crippen LogP contribution in [0.4, 0.5) is 4.79 Å². The van der Waals surface area contributed by atoms with Crippen molar-refractivity contribution < 1.29 is 28.7 Å². The molecule has 2 fully saturated rings. The fourth-order valence-electron chi connectivity index (χ4n) is 5.12. The first kappa shape index (κ1) is 27.2. The second-order valence-electron chi connectivity index (χ2n) is 9.54. The number of benzene rings is 2. The van der Waals surface area contributed by atoms with Crippen LogP contribution < -0.4 is 4.74 Å². The predicted octanol–water partition coefficient (Wildman–Crippen LogP) is 3.28. The van der Waals surface area contributed by atoms with Crippen LogP contribution in [-0.2, 0) is 25.7 Å². The molecule has 2 atom stereocenters. The highest BCUT2D eigenvalue weighted by Gasteiger charge is 2.43. The molecule has 0 aliphatic carbocycles. The average Bonchev–Trinajstić information content (AvgIpc) is 3.62. The summed E-state index contributed by atoms with van der Waals surface area (Å²) in [4.78, 5) is 57.3. The number of carbonyl (C=O) groups excluding carboxylic acids is 4. The van der Waals surface area contributed by atoms with Gasteiger partial charge < -0.3 is 24.2 Å². The van der Waals surface area contributed by atoms with Crippen molar-refractivity contribution in [3.8, 4) is 5.75 Å². The molecule has 0 aromatic heterocycles. The molecule has 0 spiro atoms. The molecule has 4 rings (SSSR count). The lowest BCUT2D eigenvalue weighted by molar-refractivity contribution is -0.144. The number of esters is 1. The van der Waals surface area contributed by atoms with Crippen LogP contribution in [-0.4, -0.2) is 83.3 Å². The first-order valence-electron chi connectivity index (χ1n) is 13.2. The van der Waals surface area contributed by atoms with Crippen LogP contribution in [0.3, 0.4) is 0 Å². The lowest BCUT2D eigenvalue weighted by Crippen LogP contribution is -2.54. The zero-order valence-electron chi connectivity index (χ0n) is 21.8. The summed E-state index contributed by atoms with van der Waals surface area (Å²) in [6.07, 6.45) is 2.48. The summed E-state index contributed by atoms with van der Waals surface area (Å²) in [6, 6.07) is 16.9. The van der Waals surface area contributed by atoms with Gasteiger partial charge in [0.15, 0.2) is 5.78 Å². The van der Waals surface area contributed by atoms with Crippen LogP contribution in [0, 0.1) is 0 Å². The number of urea groups is 1. The first-order chi connectivity index (χ1) is 18.5. The van der Waals surface area contributed by atoms with Crippen LogP contribution in [0.1, 0.15) is 38.2 Å². The molecule has 202 valence electrons. The zero-order chi connectivity index (χ0) is 26.9. The van der Waals surface area contributed by atoms with E-state index in [9.17, 15) is 19.2 Å². The smallest absolute Gasteiger partial charge is 0.325 e. The highest BCUT2D eigenvalue weighted by Crippen LogP contribution is 2.27. The number of nitrogens with zero attached hydrogens (tertiary/aromatic N) is 3. The number of para-hydroxylation sites is 1. The third-order valence-corrected chi connectivity index (χ3v) is 6.93. The number of carbonyl (C=O) groups is 4. The summed E-state index contributed by atoms with van der Waals surface area (Å²) in [7, 11) is 0. The normalized spacial score (nSPS) is 18.8. The number of hydrogen-bond donors (Lipinski definition) is 0. The minimum Gasteiger partial charge on any atom is -0.486 e. The monoisotopic (exact) mass is 521 g/mol. The molecule has 9 heteroatoms. The second-order valence-corrected chi connectivity index (χ2v) is 9.54. The lowest BCUT2D eigenvalue weighted by Gasteiger charge is -2.34. The van der Waals surface area contributed by atoms with E-state index >= 15 is 0 Å². The number of rotatable bonds is 10. The van der Waals surface area contributed by atoms with Gasteiger partial charge in [-0.3, -0.25) is 14.4 Å². The van der Waals surface area contributed by atoms with Crippen molar-refractivity contribution >= 4 is 23.7 Å². The van der Waals surface area contributed by atoms with Crippen LogP contribution in [0.2, 0.25) is 0 Å². The van der Waals surface area contributed by atoms with Gasteiger partial charge in [0.25, 0.3) is 0 Å². The van der Waals surface area contributed by atoms with E-state index in [0.29, 0.717) is 38.1 Å². The maximum atomic E-state index is 13.7. The Morgan fingerprint density at radius 2 is 1.50 bits per heavy atom. The maximum absolute atomic E-state index is 13.7. The highest BCUT2D eigenvalue weighted by molar-refractivity contribution is 5.94. The van der Waals surface area contributed by atoms with Gasteiger partial charge >= 0.3 is 12.0 Å². The Morgan fingerprint density at radius 3 is 2.18 bits per heavy atom. The minimum atomic E-state index is -0.675. The molecule has 2 aliphatic heterocycles. The third kappa shape index (κ3) is 6.70. The van der Waals surface area contributed by atoms with Gasteiger partial charge in [-0.05, 0) is 50.3 Å². The van der Waals surface area contributed by atoms with Crippen molar-refractivity contribution in [3.63, 3.8) is 0 Å². The number of likely N-dealkylation sites (tertiary alicyclic amines) is 2. The summed E-state index contributed by atoms with van der Waals surface area (Å²) in [5.41, 5.74) is 0.871. The summed E-state index contributed by atoms with van der Waals surface area (Å²) in [5.74, 6) is -0.266. The van der Waals surface area contributed by atoms with Crippen LogP contribution in [0.5, 0.6) is 5.75 Å². The minimum absolute atomic E-state index is 0.115. The fourth-order valence-corrected chi connectivity index (χ4v) is 5.12. The number of hydrogen-bond acceptors (Lipinski definition) is 6. The Hall–Kier alpha value is -3.88. The van der Waals surface area contributed by atoms with Gasteiger partial charge in [-0.2, -0.15) is 0 Å². The largest absolute Gasteiger partial charge is 0.486 e. The predicted molar refractivity (Wildman–Crippen MR) is 140 cm³/mol. The SMILES string of the molecule is CCOC(=O)CN(Cc1ccccc1)C(=O)N1CCC[C@H]1C(=O)N1CCC[C@H]1C(=O)COc1ccccc1. The van der Waals surface area contributed by atoms with Crippen molar-refractivity contribution in [1.29, 1.82) is 0 Å². The van der Waals surface area contributed by atoms with E-state index in [2.05, 4.69) is 0 Å². The maximum Gasteiger partial charge on any atom is 0.325 e. The van der Waals surface area contributed by atoms with E-state index in [1.807, 2.05) is 48.5 Å². The molecule has 2 heterocycles. The Morgan fingerprint density at radius 1 is 0.868 bits per heavy atom. The van der Waals surface area contributed by atoms with Gasteiger partial charge in [0.05, 0.1) is 12.6 Å². The highest BCUT2D eigenvalue weighted by atomic mass is 16.5. The van der Waals surface area contributed by atoms with E-state index in [1.54, 1.807) is 28.9 Å². The summed E-state index contributed by atoms with van der Waals surface area (Å²) >= 11 is 0. The molecule has 0 saturated carbocycles. The van der Waals surface area contributed by atoms with Crippen molar-refractivity contribution in [2.45, 2.75) is 51.2 Å². The number of amides is 3. The molecule has 9 nitrogen and oxygen atoms in total. The second kappa shape index (κ2) is 13.1. The van der Waals surface area contributed by atoms with Crippen molar-refractivity contribution in [1.82, 2.24) is 14.7 Å². The molecule has 2 aromatic rings.